The van der Waals surface area contributed by atoms with Crippen molar-refractivity contribution in [2.75, 3.05) is 19.3 Å². The second-order valence-electron chi connectivity index (χ2n) is 4.62. The van der Waals surface area contributed by atoms with Gasteiger partial charge in [0.15, 0.2) is 0 Å². The van der Waals surface area contributed by atoms with Gasteiger partial charge in [0.2, 0.25) is 21.2 Å². The first-order chi connectivity index (χ1) is 9.36. The molecule has 0 bridgehead atoms. The minimum Gasteiger partial charge on any atom is -0.473 e. The lowest BCUT2D eigenvalue weighted by atomic mass is 10.2. The van der Waals surface area contributed by atoms with Gasteiger partial charge in [-0.25, -0.2) is 17.7 Å². The van der Waals surface area contributed by atoms with Crippen molar-refractivity contribution in [3.63, 3.8) is 0 Å². The van der Waals surface area contributed by atoms with E-state index in [1.807, 2.05) is 0 Å². The Bertz CT molecular complexity index is 582. The summed E-state index contributed by atoms with van der Waals surface area (Å²) in [6.45, 7) is 0.941. The number of sulfonamides is 1. The predicted octanol–water partition coefficient (Wildman–Crippen LogP) is 1.98. The van der Waals surface area contributed by atoms with E-state index < -0.39 is 10.0 Å². The third-order valence-electron chi connectivity index (χ3n) is 3.06. The summed E-state index contributed by atoms with van der Waals surface area (Å²) >= 11 is 11.6. The molecule has 0 radical (unpaired) electrons. The third kappa shape index (κ3) is 4.18. The molecule has 1 aromatic rings. The standard InChI is InChI=1S/C11H15Cl2N3O3S/c1-20(17,18)16-5-2-3-8(4-6-16)19-10-9(12)7-14-11(13)15-10/h7-8H,2-6H2,1H3. The van der Waals surface area contributed by atoms with Crippen LogP contribution in [0.5, 0.6) is 5.88 Å². The van der Waals surface area contributed by atoms with Gasteiger partial charge in [-0.3, -0.25) is 0 Å². The Hall–Kier alpha value is -0.630. The van der Waals surface area contributed by atoms with Crippen LogP contribution >= 0.6 is 23.2 Å². The molecule has 0 N–H and O–H groups in total. The van der Waals surface area contributed by atoms with Gasteiger partial charge in [-0.05, 0) is 30.9 Å². The van der Waals surface area contributed by atoms with Crippen LogP contribution in [0.2, 0.25) is 10.3 Å². The summed E-state index contributed by atoms with van der Waals surface area (Å²) in [5, 5.41) is 0.356. The summed E-state index contributed by atoms with van der Waals surface area (Å²) < 4.78 is 30.2. The molecule has 0 spiro atoms. The number of hydrogen-bond acceptors (Lipinski definition) is 5. The van der Waals surface area contributed by atoms with E-state index in [-0.39, 0.29) is 17.3 Å². The van der Waals surface area contributed by atoms with Crippen molar-refractivity contribution in [3.8, 4) is 5.88 Å². The Morgan fingerprint density at radius 3 is 2.80 bits per heavy atom. The van der Waals surface area contributed by atoms with Crippen molar-refractivity contribution >= 4 is 33.2 Å². The molecule has 1 atom stereocenters. The van der Waals surface area contributed by atoms with E-state index in [0.29, 0.717) is 24.5 Å². The van der Waals surface area contributed by atoms with Gasteiger partial charge in [-0.15, -0.1) is 0 Å². The van der Waals surface area contributed by atoms with Crippen LogP contribution in [-0.2, 0) is 10.0 Å². The normalized spacial score (nSPS) is 21.4. The lowest BCUT2D eigenvalue weighted by Crippen LogP contribution is -2.31. The topological polar surface area (TPSA) is 72.4 Å². The molecule has 0 aliphatic carbocycles. The van der Waals surface area contributed by atoms with Crippen LogP contribution in [-0.4, -0.2) is 48.1 Å². The minimum atomic E-state index is -3.16. The first kappa shape index (κ1) is 15.8. The zero-order valence-electron chi connectivity index (χ0n) is 10.9. The van der Waals surface area contributed by atoms with Gasteiger partial charge in [0, 0.05) is 13.1 Å². The zero-order chi connectivity index (χ0) is 14.8. The van der Waals surface area contributed by atoms with Crippen molar-refractivity contribution in [2.45, 2.75) is 25.4 Å². The lowest BCUT2D eigenvalue weighted by molar-refractivity contribution is 0.178. The molecule has 1 aromatic heterocycles. The highest BCUT2D eigenvalue weighted by Gasteiger charge is 2.24. The SMILES string of the molecule is CS(=O)(=O)N1CCCC(Oc2nc(Cl)ncc2Cl)CC1. The molecule has 2 rings (SSSR count). The highest BCUT2D eigenvalue weighted by molar-refractivity contribution is 7.88. The molecule has 1 saturated heterocycles. The van der Waals surface area contributed by atoms with Gasteiger partial charge >= 0.3 is 0 Å². The molecule has 0 aromatic carbocycles. The van der Waals surface area contributed by atoms with Crippen LogP contribution in [0.25, 0.3) is 0 Å². The Labute approximate surface area is 128 Å². The molecule has 6 nitrogen and oxygen atoms in total. The zero-order valence-corrected chi connectivity index (χ0v) is 13.2. The van der Waals surface area contributed by atoms with E-state index in [0.717, 1.165) is 12.8 Å². The van der Waals surface area contributed by atoms with Crippen LogP contribution in [0.4, 0.5) is 0 Å². The first-order valence-electron chi connectivity index (χ1n) is 6.16. The second-order valence-corrected chi connectivity index (χ2v) is 7.35. The predicted molar refractivity (Wildman–Crippen MR) is 76.7 cm³/mol. The van der Waals surface area contributed by atoms with Gasteiger partial charge < -0.3 is 4.74 Å². The number of hydrogen-bond donors (Lipinski definition) is 0. The summed E-state index contributed by atoms with van der Waals surface area (Å²) in [4.78, 5) is 7.68. The Morgan fingerprint density at radius 2 is 2.10 bits per heavy atom. The summed E-state index contributed by atoms with van der Waals surface area (Å²) in [6.07, 6.45) is 4.52. The van der Waals surface area contributed by atoms with E-state index in [1.54, 1.807) is 0 Å². The summed E-state index contributed by atoms with van der Waals surface area (Å²) in [5.41, 5.74) is 0. The van der Waals surface area contributed by atoms with Gasteiger partial charge in [-0.1, -0.05) is 11.6 Å². The number of nitrogens with zero attached hydrogens (tertiary/aromatic N) is 3. The molecule has 2 heterocycles. The maximum Gasteiger partial charge on any atom is 0.237 e. The Morgan fingerprint density at radius 1 is 1.35 bits per heavy atom. The minimum absolute atomic E-state index is 0.0655. The molecule has 1 aliphatic rings. The molecule has 0 saturated carbocycles. The number of halogens is 2. The van der Waals surface area contributed by atoms with Crippen molar-refractivity contribution in [1.82, 2.24) is 14.3 Å². The smallest absolute Gasteiger partial charge is 0.237 e. The van der Waals surface area contributed by atoms with E-state index in [4.69, 9.17) is 27.9 Å². The van der Waals surface area contributed by atoms with Crippen molar-refractivity contribution < 1.29 is 13.2 Å². The van der Waals surface area contributed by atoms with Crippen molar-refractivity contribution in [1.29, 1.82) is 0 Å². The third-order valence-corrected chi connectivity index (χ3v) is 4.81. The average Bonchev–Trinajstić information content (AvgIpc) is 2.59. The molecule has 0 amide bonds. The summed E-state index contributed by atoms with van der Waals surface area (Å²) in [7, 11) is -3.16. The van der Waals surface area contributed by atoms with E-state index >= 15 is 0 Å². The molecular weight excluding hydrogens is 325 g/mol. The largest absolute Gasteiger partial charge is 0.473 e. The number of rotatable bonds is 3. The van der Waals surface area contributed by atoms with Gasteiger partial charge in [0.25, 0.3) is 0 Å². The van der Waals surface area contributed by atoms with Gasteiger partial charge in [0.1, 0.15) is 11.1 Å². The monoisotopic (exact) mass is 339 g/mol. The first-order valence-corrected chi connectivity index (χ1v) is 8.76. The maximum absolute atomic E-state index is 11.5. The highest BCUT2D eigenvalue weighted by atomic mass is 35.5. The second kappa shape index (κ2) is 6.43. The van der Waals surface area contributed by atoms with Crippen molar-refractivity contribution in [3.05, 3.63) is 16.5 Å². The molecule has 1 unspecified atom stereocenters. The van der Waals surface area contributed by atoms with Gasteiger partial charge in [0.05, 0.1) is 12.5 Å². The fourth-order valence-electron chi connectivity index (χ4n) is 2.06. The quantitative estimate of drug-likeness (QED) is 0.787. The molecule has 20 heavy (non-hydrogen) atoms. The number of ether oxygens (including phenoxy) is 1. The molecular formula is C11H15Cl2N3O3S. The van der Waals surface area contributed by atoms with Crippen molar-refractivity contribution in [2.24, 2.45) is 0 Å². The lowest BCUT2D eigenvalue weighted by Gasteiger charge is -2.18. The van der Waals surface area contributed by atoms with E-state index in [9.17, 15) is 8.42 Å². The van der Waals surface area contributed by atoms with E-state index in [1.165, 1.54) is 16.8 Å². The van der Waals surface area contributed by atoms with Crippen LogP contribution < -0.4 is 4.74 Å². The van der Waals surface area contributed by atoms with Crippen LogP contribution in [0, 0.1) is 0 Å². The fourth-order valence-corrected chi connectivity index (χ4v) is 3.22. The highest BCUT2D eigenvalue weighted by Crippen LogP contribution is 2.25. The van der Waals surface area contributed by atoms with Crippen LogP contribution in [0.3, 0.4) is 0 Å². The van der Waals surface area contributed by atoms with Gasteiger partial charge in [-0.2, -0.15) is 4.98 Å². The van der Waals surface area contributed by atoms with E-state index in [2.05, 4.69) is 9.97 Å². The van der Waals surface area contributed by atoms with Crippen LogP contribution in [0.1, 0.15) is 19.3 Å². The maximum atomic E-state index is 11.5. The molecule has 1 aliphatic heterocycles. The molecule has 112 valence electrons. The summed E-state index contributed by atoms with van der Waals surface area (Å²) in [6, 6.07) is 0. The Kier molecular flexibility index (Phi) is 5.06. The average molecular weight is 340 g/mol. The van der Waals surface area contributed by atoms with Crippen LogP contribution in [0.15, 0.2) is 6.20 Å². The molecule has 9 heteroatoms. The summed E-state index contributed by atoms with van der Waals surface area (Å²) in [5.74, 6) is 0.240. The number of aromatic nitrogens is 2. The fraction of sp³-hybridized carbons (Fsp3) is 0.636. The molecule has 1 fully saturated rings. The Balaban J connectivity index is 2.03.